The average Bonchev–Trinajstić information content (AvgIpc) is 2.99. The maximum absolute atomic E-state index is 12.3. The molecule has 122 valence electrons. The third kappa shape index (κ3) is 2.47. The Bertz CT molecular complexity index is 1010. The molecule has 23 heavy (non-hydrogen) atoms. The summed E-state index contributed by atoms with van der Waals surface area (Å²) in [5.41, 5.74) is 0.781. The number of aryl methyl sites for hydroxylation is 1. The number of para-hydroxylation sites is 1. The summed E-state index contributed by atoms with van der Waals surface area (Å²) in [6, 6.07) is 7.47. The highest BCUT2D eigenvalue weighted by molar-refractivity contribution is 9.10. The van der Waals surface area contributed by atoms with Crippen molar-refractivity contribution in [1.82, 2.24) is 23.0 Å². The highest BCUT2D eigenvalue weighted by Crippen LogP contribution is 2.36. The van der Waals surface area contributed by atoms with Gasteiger partial charge in [0.1, 0.15) is 10.4 Å². The zero-order valence-corrected chi connectivity index (χ0v) is 15.7. The van der Waals surface area contributed by atoms with Crippen molar-refractivity contribution in [3.8, 4) is 5.95 Å². The van der Waals surface area contributed by atoms with Crippen molar-refractivity contribution in [2.45, 2.75) is 6.92 Å². The van der Waals surface area contributed by atoms with E-state index in [0.29, 0.717) is 9.63 Å². The highest BCUT2D eigenvalue weighted by Gasteiger charge is 2.24. The monoisotopic (exact) mass is 417 g/mol. The second kappa shape index (κ2) is 5.59. The molecule has 0 atom stereocenters. The summed E-state index contributed by atoms with van der Waals surface area (Å²) in [5.74, 6) is 0.484. The summed E-state index contributed by atoms with van der Waals surface area (Å²) in [7, 11) is -0.862. The van der Waals surface area contributed by atoms with Crippen molar-refractivity contribution in [2.75, 3.05) is 14.1 Å². The Morgan fingerprint density at radius 2 is 1.91 bits per heavy atom. The molecule has 0 amide bonds. The van der Waals surface area contributed by atoms with Gasteiger partial charge in [-0.2, -0.15) is 17.7 Å². The van der Waals surface area contributed by atoms with E-state index in [0.717, 1.165) is 19.3 Å². The molecule has 0 bridgehead atoms. The summed E-state index contributed by atoms with van der Waals surface area (Å²) in [6.45, 7) is 1.58. The van der Waals surface area contributed by atoms with Crippen LogP contribution in [0.3, 0.4) is 0 Å². The normalized spacial score (nSPS) is 12.4. The fourth-order valence-corrected chi connectivity index (χ4v) is 3.86. The lowest BCUT2D eigenvalue weighted by molar-refractivity contribution is 0.501. The van der Waals surface area contributed by atoms with E-state index in [9.17, 15) is 8.42 Å². The first kappa shape index (κ1) is 16.4. The first-order valence-electron chi connectivity index (χ1n) is 6.56. The molecule has 7 nitrogen and oxygen atoms in total. The number of hydrogen-bond donors (Lipinski definition) is 0. The SMILES string of the molecule is Cc1nc(-n2c(Br)c(Cl)c3ccccc32)nn1S(=O)(=O)N(C)C. The molecule has 0 aliphatic carbocycles. The predicted molar refractivity (Wildman–Crippen MR) is 92.3 cm³/mol. The van der Waals surface area contributed by atoms with Gasteiger partial charge in [-0.1, -0.05) is 29.8 Å². The quantitative estimate of drug-likeness (QED) is 0.655. The molecule has 0 radical (unpaired) electrons. The summed E-state index contributed by atoms with van der Waals surface area (Å²) in [4.78, 5) is 4.27. The smallest absolute Gasteiger partial charge is 0.269 e. The Morgan fingerprint density at radius 1 is 1.26 bits per heavy atom. The number of benzene rings is 1. The molecule has 0 saturated carbocycles. The van der Waals surface area contributed by atoms with Gasteiger partial charge >= 0.3 is 10.2 Å². The standard InChI is InChI=1S/C13H13BrClN5O2S/c1-8-16-13(17-20(8)23(21,22)18(2)3)19-10-7-5-4-6-9(10)11(15)12(19)14/h4-7H,1-3H3. The van der Waals surface area contributed by atoms with E-state index < -0.39 is 10.2 Å². The van der Waals surface area contributed by atoms with Crippen molar-refractivity contribution in [3.05, 3.63) is 39.7 Å². The molecule has 0 fully saturated rings. The molecule has 2 heterocycles. The number of hydrogen-bond acceptors (Lipinski definition) is 4. The first-order valence-corrected chi connectivity index (χ1v) is 9.13. The van der Waals surface area contributed by atoms with Gasteiger partial charge in [0.05, 0.1) is 10.5 Å². The van der Waals surface area contributed by atoms with E-state index >= 15 is 0 Å². The molecular formula is C13H13BrClN5O2S. The molecule has 2 aromatic heterocycles. The van der Waals surface area contributed by atoms with E-state index in [1.54, 1.807) is 11.5 Å². The van der Waals surface area contributed by atoms with Gasteiger partial charge in [-0.05, 0) is 28.9 Å². The number of rotatable bonds is 3. The van der Waals surface area contributed by atoms with Crippen molar-refractivity contribution < 1.29 is 8.42 Å². The fraction of sp³-hybridized carbons (Fsp3) is 0.231. The molecule has 0 saturated heterocycles. The molecule has 10 heteroatoms. The molecule has 1 aromatic carbocycles. The Balaban J connectivity index is 2.28. The fourth-order valence-electron chi connectivity index (χ4n) is 2.20. The molecule has 0 unspecified atom stereocenters. The van der Waals surface area contributed by atoms with Crippen LogP contribution in [-0.4, -0.2) is 45.6 Å². The topological polar surface area (TPSA) is 73.0 Å². The van der Waals surface area contributed by atoms with Crippen LogP contribution in [0.4, 0.5) is 0 Å². The second-order valence-corrected chi connectivity index (χ2v) is 8.15. The van der Waals surface area contributed by atoms with Crippen molar-refractivity contribution in [2.24, 2.45) is 0 Å². The lowest BCUT2D eigenvalue weighted by Gasteiger charge is -2.10. The van der Waals surface area contributed by atoms with Crippen LogP contribution in [0.5, 0.6) is 0 Å². The summed E-state index contributed by atoms with van der Waals surface area (Å²) in [6.07, 6.45) is 0. The van der Waals surface area contributed by atoms with Gasteiger partial charge in [0.25, 0.3) is 5.95 Å². The van der Waals surface area contributed by atoms with Crippen molar-refractivity contribution >= 4 is 48.6 Å². The number of halogens is 2. The molecule has 0 N–H and O–H groups in total. The Morgan fingerprint density at radius 3 is 2.57 bits per heavy atom. The van der Waals surface area contributed by atoms with Crippen LogP contribution in [0.1, 0.15) is 5.82 Å². The van der Waals surface area contributed by atoms with E-state index in [2.05, 4.69) is 26.0 Å². The predicted octanol–water partition coefficient (Wildman–Crippen LogP) is 2.60. The number of fused-ring (bicyclic) bond motifs is 1. The maximum Gasteiger partial charge on any atom is 0.324 e. The number of nitrogens with zero attached hydrogens (tertiary/aromatic N) is 5. The van der Waals surface area contributed by atoms with Gasteiger partial charge in [-0.15, -0.1) is 9.19 Å². The molecule has 3 rings (SSSR count). The lowest BCUT2D eigenvalue weighted by atomic mass is 10.2. The second-order valence-electron chi connectivity index (χ2n) is 5.05. The Labute approximate surface area is 146 Å². The van der Waals surface area contributed by atoms with E-state index in [4.69, 9.17) is 11.6 Å². The summed E-state index contributed by atoms with van der Waals surface area (Å²) in [5, 5.41) is 5.49. The minimum absolute atomic E-state index is 0.225. The van der Waals surface area contributed by atoms with Crippen LogP contribution in [0, 0.1) is 6.92 Å². The van der Waals surface area contributed by atoms with Crippen molar-refractivity contribution in [1.29, 1.82) is 0 Å². The molecular weight excluding hydrogens is 406 g/mol. The molecule has 0 aliphatic rings. The van der Waals surface area contributed by atoms with Gasteiger partial charge in [-0.25, -0.2) is 0 Å². The van der Waals surface area contributed by atoms with Crippen LogP contribution >= 0.6 is 27.5 Å². The Hall–Kier alpha value is -1.42. The minimum atomic E-state index is -3.74. The third-order valence-electron chi connectivity index (χ3n) is 3.36. The van der Waals surface area contributed by atoms with Crippen LogP contribution in [0.25, 0.3) is 16.9 Å². The van der Waals surface area contributed by atoms with E-state index in [1.807, 2.05) is 24.3 Å². The van der Waals surface area contributed by atoms with E-state index in [-0.39, 0.29) is 11.8 Å². The van der Waals surface area contributed by atoms with Gasteiger partial charge in [-0.3, -0.25) is 4.57 Å². The third-order valence-corrected chi connectivity index (χ3v) is 6.43. The Kier molecular flexibility index (Phi) is 3.99. The highest BCUT2D eigenvalue weighted by atomic mass is 79.9. The van der Waals surface area contributed by atoms with Gasteiger partial charge in [0.2, 0.25) is 0 Å². The molecule has 0 spiro atoms. The van der Waals surface area contributed by atoms with Crippen LogP contribution in [0.2, 0.25) is 5.02 Å². The van der Waals surface area contributed by atoms with E-state index in [1.165, 1.54) is 14.1 Å². The average molecular weight is 419 g/mol. The largest absolute Gasteiger partial charge is 0.324 e. The van der Waals surface area contributed by atoms with Crippen LogP contribution in [-0.2, 0) is 10.2 Å². The van der Waals surface area contributed by atoms with Gasteiger partial charge in [0.15, 0.2) is 0 Å². The molecule has 0 aliphatic heterocycles. The maximum atomic E-state index is 12.3. The zero-order valence-electron chi connectivity index (χ0n) is 12.5. The first-order chi connectivity index (χ1) is 10.7. The zero-order chi connectivity index (χ0) is 16.9. The van der Waals surface area contributed by atoms with Crippen LogP contribution < -0.4 is 0 Å². The number of aromatic nitrogens is 4. The summed E-state index contributed by atoms with van der Waals surface area (Å²) >= 11 is 9.75. The van der Waals surface area contributed by atoms with Crippen LogP contribution in [0.15, 0.2) is 28.9 Å². The van der Waals surface area contributed by atoms with Crippen molar-refractivity contribution in [3.63, 3.8) is 0 Å². The lowest BCUT2D eigenvalue weighted by Crippen LogP contribution is -2.30. The van der Waals surface area contributed by atoms with Gasteiger partial charge in [0, 0.05) is 19.5 Å². The summed E-state index contributed by atoms with van der Waals surface area (Å²) < 4.78 is 28.8. The van der Waals surface area contributed by atoms with Gasteiger partial charge < -0.3 is 0 Å². The molecule has 3 aromatic rings. The minimum Gasteiger partial charge on any atom is -0.269 e.